The van der Waals surface area contributed by atoms with Gasteiger partial charge in [-0.2, -0.15) is 0 Å². The summed E-state index contributed by atoms with van der Waals surface area (Å²) in [6.45, 7) is 0.647. The lowest BCUT2D eigenvalue weighted by atomic mass is 9.88. The van der Waals surface area contributed by atoms with Gasteiger partial charge in [0.2, 0.25) is 0 Å². The summed E-state index contributed by atoms with van der Waals surface area (Å²) in [5, 5.41) is 14.4. The Morgan fingerprint density at radius 3 is 2.41 bits per heavy atom. The molecule has 37 heavy (non-hydrogen) atoms. The molecule has 0 bridgehead atoms. The third-order valence-electron chi connectivity index (χ3n) is 8.17. The van der Waals surface area contributed by atoms with Crippen LogP contribution in [0.15, 0.2) is 53.3 Å². The number of nitrogens with zero attached hydrogens (tertiary/aromatic N) is 1. The summed E-state index contributed by atoms with van der Waals surface area (Å²) < 4.78 is 1.87. The summed E-state index contributed by atoms with van der Waals surface area (Å²) in [4.78, 5) is 39.7. The van der Waals surface area contributed by atoms with Crippen molar-refractivity contribution in [1.82, 2.24) is 9.88 Å². The second-order valence-electron chi connectivity index (χ2n) is 10.7. The van der Waals surface area contributed by atoms with Crippen LogP contribution in [0.1, 0.15) is 91.0 Å². The zero-order chi connectivity index (χ0) is 25.8. The van der Waals surface area contributed by atoms with E-state index in [1.807, 2.05) is 34.9 Å². The van der Waals surface area contributed by atoms with Crippen LogP contribution in [0.25, 0.3) is 10.8 Å². The fourth-order valence-corrected chi connectivity index (χ4v) is 6.20. The number of hydrogen-bond acceptors (Lipinski definition) is 3. The van der Waals surface area contributed by atoms with Gasteiger partial charge in [0.05, 0.1) is 0 Å². The molecule has 2 aliphatic carbocycles. The molecular formula is C31H36N2O4. The van der Waals surface area contributed by atoms with E-state index >= 15 is 0 Å². The summed E-state index contributed by atoms with van der Waals surface area (Å²) in [6.07, 6.45) is 11.9. The molecule has 1 fully saturated rings. The Kier molecular flexibility index (Phi) is 7.73. The molecule has 1 amide bonds. The third-order valence-corrected chi connectivity index (χ3v) is 8.17. The molecule has 1 unspecified atom stereocenters. The van der Waals surface area contributed by atoms with Crippen molar-refractivity contribution in [1.29, 1.82) is 0 Å². The van der Waals surface area contributed by atoms with Crippen LogP contribution in [0.4, 0.5) is 0 Å². The van der Waals surface area contributed by atoms with Gasteiger partial charge in [-0.15, -0.1) is 0 Å². The molecule has 1 heterocycles. The maximum Gasteiger partial charge on any atom is 0.330 e. The van der Waals surface area contributed by atoms with Crippen molar-refractivity contribution in [2.24, 2.45) is 5.92 Å². The Labute approximate surface area is 217 Å². The molecule has 5 rings (SSSR count). The minimum Gasteiger partial charge on any atom is -0.479 e. The first-order valence-corrected chi connectivity index (χ1v) is 13.8. The van der Waals surface area contributed by atoms with Crippen molar-refractivity contribution < 1.29 is 14.7 Å². The molecule has 6 heteroatoms. The average molecular weight is 501 g/mol. The first kappa shape index (κ1) is 25.2. The van der Waals surface area contributed by atoms with E-state index in [-0.39, 0.29) is 11.1 Å². The number of aliphatic carboxylic acids is 1. The van der Waals surface area contributed by atoms with Crippen molar-refractivity contribution >= 4 is 22.6 Å². The van der Waals surface area contributed by atoms with Crippen molar-refractivity contribution in [3.8, 4) is 0 Å². The molecule has 0 aliphatic heterocycles. The molecule has 2 aliphatic rings. The van der Waals surface area contributed by atoms with E-state index in [1.54, 1.807) is 18.2 Å². The Morgan fingerprint density at radius 1 is 0.919 bits per heavy atom. The molecule has 0 spiro atoms. The number of hydrogen-bond donors (Lipinski definition) is 2. The van der Waals surface area contributed by atoms with Crippen LogP contribution in [0, 0.1) is 5.92 Å². The molecule has 3 aromatic rings. The highest BCUT2D eigenvalue weighted by Gasteiger charge is 2.28. The minimum atomic E-state index is -1.26. The summed E-state index contributed by atoms with van der Waals surface area (Å²) in [5.41, 5.74) is 2.42. The van der Waals surface area contributed by atoms with Crippen LogP contribution in [0.2, 0.25) is 0 Å². The predicted molar refractivity (Wildman–Crippen MR) is 145 cm³/mol. The maximum absolute atomic E-state index is 13.8. The Morgan fingerprint density at radius 2 is 1.62 bits per heavy atom. The lowest BCUT2D eigenvalue weighted by Crippen LogP contribution is -2.40. The van der Waals surface area contributed by atoms with Crippen LogP contribution in [0.3, 0.4) is 0 Å². The summed E-state index contributed by atoms with van der Waals surface area (Å²) in [7, 11) is 0. The summed E-state index contributed by atoms with van der Waals surface area (Å²) in [6, 6.07) is 13.4. The number of pyridine rings is 1. The van der Waals surface area contributed by atoms with Crippen molar-refractivity contribution in [3.05, 3.63) is 81.3 Å². The zero-order valence-corrected chi connectivity index (χ0v) is 21.4. The third kappa shape index (κ3) is 5.48. The molecule has 194 valence electrons. The van der Waals surface area contributed by atoms with E-state index < -0.39 is 17.9 Å². The Hall–Kier alpha value is -3.41. The number of carbonyl (C=O) groups is 2. The highest BCUT2D eigenvalue weighted by atomic mass is 16.4. The Bertz CT molecular complexity index is 1350. The van der Waals surface area contributed by atoms with Gasteiger partial charge in [-0.25, -0.2) is 4.79 Å². The van der Waals surface area contributed by atoms with Crippen molar-refractivity contribution in [2.75, 3.05) is 0 Å². The van der Waals surface area contributed by atoms with Crippen molar-refractivity contribution in [3.63, 3.8) is 0 Å². The van der Waals surface area contributed by atoms with Gasteiger partial charge in [-0.1, -0.05) is 74.6 Å². The topological polar surface area (TPSA) is 88.4 Å². The van der Waals surface area contributed by atoms with E-state index in [0.29, 0.717) is 18.0 Å². The number of carboxylic acids is 1. The number of fused-ring (bicyclic) bond motifs is 2. The van der Waals surface area contributed by atoms with Crippen LogP contribution < -0.4 is 10.9 Å². The normalized spacial score (nSPS) is 17.4. The molecular weight excluding hydrogens is 464 g/mol. The van der Waals surface area contributed by atoms with E-state index in [9.17, 15) is 19.5 Å². The van der Waals surface area contributed by atoms with Crippen LogP contribution in [-0.4, -0.2) is 21.6 Å². The van der Waals surface area contributed by atoms with E-state index in [0.717, 1.165) is 73.4 Å². The first-order valence-electron chi connectivity index (χ1n) is 13.8. The second-order valence-corrected chi connectivity index (χ2v) is 10.7. The number of carbonyl (C=O) groups excluding carboxylic acids is 1. The van der Waals surface area contributed by atoms with E-state index in [2.05, 4.69) is 5.32 Å². The lowest BCUT2D eigenvalue weighted by Gasteiger charge is -2.27. The predicted octanol–water partition coefficient (Wildman–Crippen LogP) is 5.80. The second kappa shape index (κ2) is 11.3. The SMILES string of the molecule is O=C(NC(C(=O)O)c1cccc2ccccc12)c1cc2c(n(CC3CCCCC3)c1=O)CCCCCC2. The van der Waals surface area contributed by atoms with Gasteiger partial charge in [0.1, 0.15) is 5.56 Å². The zero-order valence-electron chi connectivity index (χ0n) is 21.4. The van der Waals surface area contributed by atoms with Gasteiger partial charge in [0.15, 0.2) is 6.04 Å². The summed E-state index contributed by atoms with van der Waals surface area (Å²) >= 11 is 0. The fraction of sp³-hybridized carbons (Fsp3) is 0.452. The number of benzene rings is 2. The van der Waals surface area contributed by atoms with Gasteiger partial charge in [0.25, 0.3) is 11.5 Å². The molecule has 6 nitrogen and oxygen atoms in total. The number of amides is 1. The van der Waals surface area contributed by atoms with Gasteiger partial charge in [0, 0.05) is 12.2 Å². The molecule has 0 radical (unpaired) electrons. The molecule has 2 N–H and O–H groups in total. The van der Waals surface area contributed by atoms with Crippen LogP contribution in [0.5, 0.6) is 0 Å². The summed E-state index contributed by atoms with van der Waals surface area (Å²) in [5.74, 6) is -1.33. The largest absolute Gasteiger partial charge is 0.479 e. The standard InChI is InChI=1S/C31H36N2O4/c34-29(32-28(31(36)37)25-17-10-15-22-13-8-9-16-24(22)25)26-19-23-14-6-1-2-7-18-27(23)33(30(26)35)20-21-11-4-3-5-12-21/h8-10,13,15-17,19,21,28H,1-7,11-12,14,18,20H2,(H,32,34)(H,36,37). The number of aromatic nitrogens is 1. The molecule has 0 saturated heterocycles. The number of aryl methyl sites for hydroxylation is 1. The number of rotatable bonds is 6. The number of nitrogens with one attached hydrogen (secondary N) is 1. The highest BCUT2D eigenvalue weighted by molar-refractivity contribution is 5.98. The number of carboxylic acid groups (broad SMARTS) is 1. The first-order chi connectivity index (χ1) is 18.0. The van der Waals surface area contributed by atoms with Crippen molar-refractivity contribution in [2.45, 2.75) is 83.2 Å². The molecule has 2 aromatic carbocycles. The average Bonchev–Trinajstić information content (AvgIpc) is 2.89. The van der Waals surface area contributed by atoms with Gasteiger partial charge in [-0.3, -0.25) is 9.59 Å². The van der Waals surface area contributed by atoms with E-state index in [1.165, 1.54) is 19.3 Å². The van der Waals surface area contributed by atoms with Gasteiger partial charge < -0.3 is 15.0 Å². The quantitative estimate of drug-likeness (QED) is 0.448. The highest BCUT2D eigenvalue weighted by Crippen LogP contribution is 2.28. The smallest absolute Gasteiger partial charge is 0.330 e. The lowest BCUT2D eigenvalue weighted by molar-refractivity contribution is -0.139. The monoisotopic (exact) mass is 500 g/mol. The molecule has 1 aromatic heterocycles. The fourth-order valence-electron chi connectivity index (χ4n) is 6.20. The maximum atomic E-state index is 13.8. The van der Waals surface area contributed by atoms with Crippen LogP contribution >= 0.6 is 0 Å². The van der Waals surface area contributed by atoms with E-state index in [4.69, 9.17) is 0 Å². The molecule has 1 atom stereocenters. The molecule has 1 saturated carbocycles. The van der Waals surface area contributed by atoms with Crippen LogP contribution in [-0.2, 0) is 24.2 Å². The van der Waals surface area contributed by atoms with Gasteiger partial charge in [-0.05, 0) is 72.4 Å². The minimum absolute atomic E-state index is 0.0571. The van der Waals surface area contributed by atoms with Gasteiger partial charge >= 0.3 is 5.97 Å². The Balaban J connectivity index is 1.52.